The van der Waals surface area contributed by atoms with Gasteiger partial charge in [-0.05, 0) is 36.9 Å². The van der Waals surface area contributed by atoms with Gasteiger partial charge in [-0.1, -0.05) is 11.6 Å². The van der Waals surface area contributed by atoms with Crippen LogP contribution >= 0.6 is 11.6 Å². The monoisotopic (exact) mass is 264 g/mol. The minimum Gasteiger partial charge on any atom is -0.472 e. The van der Waals surface area contributed by atoms with Gasteiger partial charge in [0.05, 0.1) is 12.5 Å². The molecule has 2 rings (SSSR count). The van der Waals surface area contributed by atoms with Gasteiger partial charge in [0.25, 0.3) is 0 Å². The summed E-state index contributed by atoms with van der Waals surface area (Å²) in [5, 5.41) is 3.93. The zero-order chi connectivity index (χ0) is 13.0. The van der Waals surface area contributed by atoms with E-state index in [0.717, 1.165) is 23.7 Å². The van der Waals surface area contributed by atoms with Crippen molar-refractivity contribution in [2.24, 2.45) is 0 Å². The number of nitrogens with one attached hydrogen (secondary N) is 1. The molecule has 1 aromatic heterocycles. The van der Waals surface area contributed by atoms with Gasteiger partial charge in [-0.2, -0.15) is 0 Å². The number of hydrogen-bond donors (Lipinski definition) is 1. The van der Waals surface area contributed by atoms with Crippen LogP contribution in [0.5, 0.6) is 0 Å². The molecule has 0 aliphatic heterocycles. The molecule has 0 saturated heterocycles. The van der Waals surface area contributed by atoms with Crippen LogP contribution in [0.4, 0.5) is 5.69 Å². The van der Waals surface area contributed by atoms with Crippen molar-refractivity contribution >= 4 is 17.3 Å². The van der Waals surface area contributed by atoms with Crippen molar-refractivity contribution in [2.75, 3.05) is 19.0 Å². The SMILES string of the molecule is CNCc1cc(Cl)ccc1N(C)Cc1ccoc1. The van der Waals surface area contributed by atoms with E-state index in [4.69, 9.17) is 16.0 Å². The van der Waals surface area contributed by atoms with E-state index < -0.39 is 0 Å². The Kier molecular flexibility index (Phi) is 4.28. The van der Waals surface area contributed by atoms with Gasteiger partial charge in [-0.25, -0.2) is 0 Å². The molecule has 0 bridgehead atoms. The molecule has 1 aromatic carbocycles. The van der Waals surface area contributed by atoms with Crippen LogP contribution in [0, 0.1) is 0 Å². The highest BCUT2D eigenvalue weighted by Crippen LogP contribution is 2.24. The van der Waals surface area contributed by atoms with Crippen LogP contribution < -0.4 is 10.2 Å². The maximum Gasteiger partial charge on any atom is 0.0952 e. The lowest BCUT2D eigenvalue weighted by atomic mass is 10.1. The first kappa shape index (κ1) is 13.0. The predicted octanol–water partition coefficient (Wildman–Crippen LogP) is 3.29. The first-order valence-corrected chi connectivity index (χ1v) is 6.23. The molecule has 0 radical (unpaired) electrons. The van der Waals surface area contributed by atoms with E-state index in [2.05, 4.69) is 23.3 Å². The van der Waals surface area contributed by atoms with Crippen LogP contribution in [0.15, 0.2) is 41.2 Å². The second kappa shape index (κ2) is 5.94. The summed E-state index contributed by atoms with van der Waals surface area (Å²) in [5.41, 5.74) is 3.52. The molecule has 4 heteroatoms. The third-order valence-corrected chi connectivity index (χ3v) is 3.05. The maximum absolute atomic E-state index is 6.04. The number of anilines is 1. The molecule has 96 valence electrons. The third-order valence-electron chi connectivity index (χ3n) is 2.82. The Labute approximate surface area is 112 Å². The Bertz CT molecular complexity index is 497. The van der Waals surface area contributed by atoms with E-state index >= 15 is 0 Å². The molecule has 1 N–H and O–H groups in total. The van der Waals surface area contributed by atoms with Gasteiger partial charge in [0.15, 0.2) is 0 Å². The number of hydrogen-bond acceptors (Lipinski definition) is 3. The molecular formula is C14H17ClN2O. The fourth-order valence-electron chi connectivity index (χ4n) is 2.00. The largest absolute Gasteiger partial charge is 0.472 e. The molecule has 3 nitrogen and oxygen atoms in total. The highest BCUT2D eigenvalue weighted by atomic mass is 35.5. The maximum atomic E-state index is 6.04. The fourth-order valence-corrected chi connectivity index (χ4v) is 2.19. The minimum atomic E-state index is 0.765. The van der Waals surface area contributed by atoms with E-state index in [9.17, 15) is 0 Å². The Morgan fingerprint density at radius 3 is 2.83 bits per heavy atom. The lowest BCUT2D eigenvalue weighted by Gasteiger charge is -2.22. The van der Waals surface area contributed by atoms with Crippen LogP contribution in [0.1, 0.15) is 11.1 Å². The number of rotatable bonds is 5. The molecule has 0 unspecified atom stereocenters. The van der Waals surface area contributed by atoms with E-state index in [1.165, 1.54) is 11.3 Å². The van der Waals surface area contributed by atoms with Crippen LogP contribution in [0.2, 0.25) is 5.02 Å². The molecule has 0 saturated carbocycles. The summed E-state index contributed by atoms with van der Waals surface area (Å²) in [6.07, 6.45) is 3.46. The van der Waals surface area contributed by atoms with Crippen molar-refractivity contribution in [3.05, 3.63) is 52.9 Å². The van der Waals surface area contributed by atoms with Crippen molar-refractivity contribution in [1.29, 1.82) is 0 Å². The highest BCUT2D eigenvalue weighted by Gasteiger charge is 2.08. The molecule has 0 aliphatic rings. The van der Waals surface area contributed by atoms with Crippen molar-refractivity contribution < 1.29 is 4.42 Å². The summed E-state index contributed by atoms with van der Waals surface area (Å²) in [4.78, 5) is 2.19. The van der Waals surface area contributed by atoms with Gasteiger partial charge < -0.3 is 14.6 Å². The molecule has 0 atom stereocenters. The Morgan fingerprint density at radius 2 is 2.17 bits per heavy atom. The first-order valence-electron chi connectivity index (χ1n) is 5.86. The summed E-state index contributed by atoms with van der Waals surface area (Å²) in [7, 11) is 4.00. The average molecular weight is 265 g/mol. The molecule has 2 aromatic rings. The quantitative estimate of drug-likeness (QED) is 0.898. The van der Waals surface area contributed by atoms with Gasteiger partial charge in [0, 0.05) is 36.4 Å². The molecule has 0 spiro atoms. The van der Waals surface area contributed by atoms with Gasteiger partial charge in [0.1, 0.15) is 0 Å². The van der Waals surface area contributed by atoms with Crippen molar-refractivity contribution in [3.8, 4) is 0 Å². The van der Waals surface area contributed by atoms with Gasteiger partial charge in [-0.3, -0.25) is 0 Å². The molecule has 0 amide bonds. The molecule has 0 aliphatic carbocycles. The second-order valence-electron chi connectivity index (χ2n) is 4.29. The van der Waals surface area contributed by atoms with E-state index in [0.29, 0.717) is 0 Å². The van der Waals surface area contributed by atoms with Gasteiger partial charge >= 0.3 is 0 Å². The van der Waals surface area contributed by atoms with Crippen LogP contribution in [-0.2, 0) is 13.1 Å². The lowest BCUT2D eigenvalue weighted by molar-refractivity contribution is 0.563. The zero-order valence-electron chi connectivity index (χ0n) is 10.6. The van der Waals surface area contributed by atoms with Gasteiger partial charge in [0.2, 0.25) is 0 Å². The Morgan fingerprint density at radius 1 is 1.33 bits per heavy atom. The average Bonchev–Trinajstić information content (AvgIpc) is 2.82. The molecular weight excluding hydrogens is 248 g/mol. The summed E-state index contributed by atoms with van der Waals surface area (Å²) in [6, 6.07) is 7.94. The topological polar surface area (TPSA) is 28.4 Å². The number of halogens is 1. The minimum absolute atomic E-state index is 0.765. The second-order valence-corrected chi connectivity index (χ2v) is 4.73. The summed E-state index contributed by atoms with van der Waals surface area (Å²) < 4.78 is 5.09. The van der Waals surface area contributed by atoms with Crippen LogP contribution in [0.3, 0.4) is 0 Å². The van der Waals surface area contributed by atoms with Crippen molar-refractivity contribution in [1.82, 2.24) is 5.32 Å². The first-order chi connectivity index (χ1) is 8.70. The summed E-state index contributed by atoms with van der Waals surface area (Å²) in [6.45, 7) is 1.61. The van der Waals surface area contributed by atoms with E-state index in [1.807, 2.05) is 25.2 Å². The third kappa shape index (κ3) is 3.06. The number of furan rings is 1. The molecule has 1 heterocycles. The standard InChI is InChI=1S/C14H17ClN2O/c1-16-8-12-7-13(15)3-4-14(12)17(2)9-11-5-6-18-10-11/h3-7,10,16H,8-9H2,1-2H3. The number of nitrogens with zero attached hydrogens (tertiary/aromatic N) is 1. The van der Waals surface area contributed by atoms with Crippen LogP contribution in [-0.4, -0.2) is 14.1 Å². The highest BCUT2D eigenvalue weighted by molar-refractivity contribution is 6.30. The normalized spacial score (nSPS) is 10.6. The Balaban J connectivity index is 2.20. The fraction of sp³-hybridized carbons (Fsp3) is 0.286. The Hall–Kier alpha value is -1.45. The smallest absolute Gasteiger partial charge is 0.0952 e. The van der Waals surface area contributed by atoms with Crippen LogP contribution in [0.25, 0.3) is 0 Å². The summed E-state index contributed by atoms with van der Waals surface area (Å²) >= 11 is 6.04. The number of benzene rings is 1. The summed E-state index contributed by atoms with van der Waals surface area (Å²) in [5.74, 6) is 0. The zero-order valence-corrected chi connectivity index (χ0v) is 11.4. The van der Waals surface area contributed by atoms with E-state index in [1.54, 1.807) is 12.5 Å². The predicted molar refractivity (Wildman–Crippen MR) is 75.0 cm³/mol. The van der Waals surface area contributed by atoms with Crippen molar-refractivity contribution in [3.63, 3.8) is 0 Å². The van der Waals surface area contributed by atoms with Gasteiger partial charge in [-0.15, -0.1) is 0 Å². The molecule has 0 fully saturated rings. The van der Waals surface area contributed by atoms with Crippen molar-refractivity contribution in [2.45, 2.75) is 13.1 Å². The lowest BCUT2D eigenvalue weighted by Crippen LogP contribution is -2.19. The van der Waals surface area contributed by atoms with E-state index in [-0.39, 0.29) is 0 Å². The molecule has 18 heavy (non-hydrogen) atoms.